The van der Waals surface area contributed by atoms with Gasteiger partial charge in [0.25, 0.3) is 0 Å². The Balaban J connectivity index is 1.71. The molecule has 3 amide bonds. The van der Waals surface area contributed by atoms with Crippen LogP contribution >= 0.6 is 0 Å². The van der Waals surface area contributed by atoms with E-state index in [-0.39, 0.29) is 43.4 Å². The number of carboxylic acids is 1. The van der Waals surface area contributed by atoms with E-state index in [1.807, 2.05) is 0 Å². The molecule has 2 aliphatic heterocycles. The summed E-state index contributed by atoms with van der Waals surface area (Å²) >= 11 is 0. The van der Waals surface area contributed by atoms with E-state index >= 15 is 0 Å². The van der Waals surface area contributed by atoms with Crippen LogP contribution < -0.4 is 10.1 Å². The summed E-state index contributed by atoms with van der Waals surface area (Å²) in [7, 11) is 0. The standard InChI is InChI=1S/C27H36F3N3O7/c1-26(2,3)40-25(38)31-20(10-11-22(34)32-12-4-5-13-32)23(35)33-16-18(15-21(33)24(36)37)14-17-6-8-19(9-7-17)39-27(28,29)30/h6-9,18,20-21H,4-5,10-16H2,1-3H3,(H,31,38)(H,36,37)/t18?,20-,21?/m1/s1. The van der Waals surface area contributed by atoms with Crippen molar-refractivity contribution >= 4 is 23.9 Å². The molecule has 3 rings (SSSR count). The number of carbonyl (C=O) groups excluding carboxylic acids is 3. The summed E-state index contributed by atoms with van der Waals surface area (Å²) in [5.41, 5.74) is -0.191. The molecule has 10 nitrogen and oxygen atoms in total. The summed E-state index contributed by atoms with van der Waals surface area (Å²) in [6.07, 6.45) is -3.47. The minimum absolute atomic E-state index is 0.00639. The van der Waals surface area contributed by atoms with Gasteiger partial charge >= 0.3 is 18.4 Å². The zero-order valence-electron chi connectivity index (χ0n) is 22.8. The summed E-state index contributed by atoms with van der Waals surface area (Å²) in [5.74, 6) is -2.67. The minimum Gasteiger partial charge on any atom is -0.480 e. The summed E-state index contributed by atoms with van der Waals surface area (Å²) in [6, 6.07) is 2.92. The van der Waals surface area contributed by atoms with Crippen LogP contribution in [0.2, 0.25) is 0 Å². The van der Waals surface area contributed by atoms with Crippen LogP contribution in [0.1, 0.15) is 58.4 Å². The molecule has 1 aromatic carbocycles. The molecule has 0 spiro atoms. The van der Waals surface area contributed by atoms with Gasteiger partial charge in [-0.2, -0.15) is 0 Å². The highest BCUT2D eigenvalue weighted by molar-refractivity contribution is 5.90. The Morgan fingerprint density at radius 2 is 1.70 bits per heavy atom. The number of carbonyl (C=O) groups is 4. The van der Waals surface area contributed by atoms with Crippen LogP contribution in [0.5, 0.6) is 5.75 Å². The predicted octanol–water partition coefficient (Wildman–Crippen LogP) is 3.73. The third-order valence-corrected chi connectivity index (χ3v) is 6.73. The number of rotatable bonds is 9. The second-order valence-corrected chi connectivity index (χ2v) is 11.2. The van der Waals surface area contributed by atoms with E-state index in [2.05, 4.69) is 10.1 Å². The first-order valence-corrected chi connectivity index (χ1v) is 13.3. The highest BCUT2D eigenvalue weighted by Crippen LogP contribution is 2.29. The molecule has 1 aromatic rings. The fourth-order valence-corrected chi connectivity index (χ4v) is 5.01. The van der Waals surface area contributed by atoms with Gasteiger partial charge in [-0.25, -0.2) is 9.59 Å². The number of aliphatic carboxylic acids is 1. The Bertz CT molecular complexity index is 1070. The molecular formula is C27H36F3N3O7. The number of carboxylic acid groups (broad SMARTS) is 1. The van der Waals surface area contributed by atoms with Gasteiger partial charge in [0, 0.05) is 26.1 Å². The van der Waals surface area contributed by atoms with Crippen molar-refractivity contribution < 1.29 is 46.9 Å². The maximum Gasteiger partial charge on any atom is 0.573 e. The Kier molecular flexibility index (Phi) is 9.91. The second-order valence-electron chi connectivity index (χ2n) is 11.2. The summed E-state index contributed by atoms with van der Waals surface area (Å²) in [5, 5.41) is 12.4. The van der Waals surface area contributed by atoms with Crippen LogP contribution in [0, 0.1) is 5.92 Å². The zero-order chi connectivity index (χ0) is 29.7. The zero-order valence-corrected chi connectivity index (χ0v) is 22.8. The molecule has 2 unspecified atom stereocenters. The van der Waals surface area contributed by atoms with Crippen molar-refractivity contribution in [3.05, 3.63) is 29.8 Å². The number of ether oxygens (including phenoxy) is 2. The number of nitrogens with one attached hydrogen (secondary N) is 1. The van der Waals surface area contributed by atoms with E-state index < -0.39 is 42.0 Å². The van der Waals surface area contributed by atoms with Crippen LogP contribution in [0.15, 0.2) is 24.3 Å². The first kappa shape index (κ1) is 31.0. The number of likely N-dealkylation sites (tertiary alicyclic amines) is 2. The molecule has 0 bridgehead atoms. The van der Waals surface area contributed by atoms with E-state index in [4.69, 9.17) is 4.74 Å². The highest BCUT2D eigenvalue weighted by atomic mass is 19.4. The Morgan fingerprint density at radius 3 is 2.25 bits per heavy atom. The Morgan fingerprint density at radius 1 is 1.07 bits per heavy atom. The number of hydrogen-bond acceptors (Lipinski definition) is 6. The molecule has 40 heavy (non-hydrogen) atoms. The molecule has 2 aliphatic rings. The molecular weight excluding hydrogens is 535 g/mol. The van der Waals surface area contributed by atoms with Gasteiger partial charge < -0.3 is 29.7 Å². The van der Waals surface area contributed by atoms with E-state index in [1.54, 1.807) is 25.7 Å². The van der Waals surface area contributed by atoms with E-state index in [0.29, 0.717) is 25.1 Å². The lowest BCUT2D eigenvalue weighted by Crippen LogP contribution is -2.52. The first-order valence-electron chi connectivity index (χ1n) is 13.3. The lowest BCUT2D eigenvalue weighted by Gasteiger charge is -2.29. The van der Waals surface area contributed by atoms with Gasteiger partial charge in [0.2, 0.25) is 11.8 Å². The normalized spacial score (nSPS) is 20.2. The van der Waals surface area contributed by atoms with Gasteiger partial charge in [-0.05, 0) is 76.5 Å². The molecule has 222 valence electrons. The topological polar surface area (TPSA) is 125 Å². The van der Waals surface area contributed by atoms with Gasteiger partial charge in [0.15, 0.2) is 0 Å². The summed E-state index contributed by atoms with van der Waals surface area (Å²) in [4.78, 5) is 53.7. The van der Waals surface area contributed by atoms with Crippen molar-refractivity contribution in [2.75, 3.05) is 19.6 Å². The van der Waals surface area contributed by atoms with Crippen LogP contribution in [-0.2, 0) is 25.5 Å². The number of alkyl halides is 3. The highest BCUT2D eigenvalue weighted by Gasteiger charge is 2.42. The van der Waals surface area contributed by atoms with Gasteiger partial charge in [0.1, 0.15) is 23.4 Å². The molecule has 2 N–H and O–H groups in total. The fraction of sp³-hybridized carbons (Fsp3) is 0.630. The largest absolute Gasteiger partial charge is 0.573 e. The van der Waals surface area contributed by atoms with Crippen LogP contribution in [-0.4, -0.2) is 82.5 Å². The number of amides is 3. The van der Waals surface area contributed by atoms with Crippen molar-refractivity contribution in [1.29, 1.82) is 0 Å². The average Bonchev–Trinajstić information content (AvgIpc) is 3.51. The smallest absolute Gasteiger partial charge is 0.480 e. The van der Waals surface area contributed by atoms with Crippen molar-refractivity contribution in [1.82, 2.24) is 15.1 Å². The first-order chi connectivity index (χ1) is 18.6. The van der Waals surface area contributed by atoms with Crippen LogP contribution in [0.4, 0.5) is 18.0 Å². The number of nitrogens with zero attached hydrogens (tertiary/aromatic N) is 2. The summed E-state index contributed by atoms with van der Waals surface area (Å²) < 4.78 is 46.5. The second kappa shape index (κ2) is 12.8. The van der Waals surface area contributed by atoms with Gasteiger partial charge in [-0.3, -0.25) is 9.59 Å². The van der Waals surface area contributed by atoms with E-state index in [0.717, 1.165) is 12.8 Å². The van der Waals surface area contributed by atoms with Crippen molar-refractivity contribution in [2.24, 2.45) is 5.92 Å². The van der Waals surface area contributed by atoms with E-state index in [1.165, 1.54) is 29.2 Å². The molecule has 0 aliphatic carbocycles. The Hall–Kier alpha value is -3.51. The molecule has 3 atom stereocenters. The number of halogens is 3. The predicted molar refractivity (Wildman–Crippen MR) is 136 cm³/mol. The van der Waals surface area contributed by atoms with Crippen molar-refractivity contribution in [3.63, 3.8) is 0 Å². The molecule has 0 saturated carbocycles. The minimum atomic E-state index is -4.81. The van der Waals surface area contributed by atoms with Crippen LogP contribution in [0.25, 0.3) is 0 Å². The molecule has 0 radical (unpaired) electrons. The maximum absolute atomic E-state index is 13.6. The molecule has 2 saturated heterocycles. The number of benzene rings is 1. The van der Waals surface area contributed by atoms with Gasteiger partial charge in [-0.1, -0.05) is 12.1 Å². The monoisotopic (exact) mass is 571 g/mol. The molecule has 2 heterocycles. The maximum atomic E-state index is 13.6. The van der Waals surface area contributed by atoms with Crippen LogP contribution in [0.3, 0.4) is 0 Å². The third-order valence-electron chi connectivity index (χ3n) is 6.73. The SMILES string of the molecule is CC(C)(C)OC(=O)N[C@H](CCC(=O)N1CCCC1)C(=O)N1CC(Cc2ccc(OC(F)(F)F)cc2)CC1C(=O)O. The number of alkyl carbamates (subject to hydrolysis) is 1. The molecule has 2 fully saturated rings. The molecule has 0 aromatic heterocycles. The Labute approximate surface area is 230 Å². The third kappa shape index (κ3) is 9.30. The fourth-order valence-electron chi connectivity index (χ4n) is 5.01. The van der Waals surface area contributed by atoms with Crippen molar-refractivity contribution in [3.8, 4) is 5.75 Å². The summed E-state index contributed by atoms with van der Waals surface area (Å²) in [6.45, 7) is 6.31. The van der Waals surface area contributed by atoms with E-state index in [9.17, 15) is 37.5 Å². The lowest BCUT2D eigenvalue weighted by molar-refractivity contribution is -0.274. The van der Waals surface area contributed by atoms with Crippen molar-refractivity contribution in [2.45, 2.75) is 83.3 Å². The number of hydrogen-bond donors (Lipinski definition) is 2. The lowest BCUT2D eigenvalue weighted by atomic mass is 9.97. The quantitative estimate of drug-likeness (QED) is 0.463. The average molecular weight is 572 g/mol. The van der Waals surface area contributed by atoms with Gasteiger partial charge in [-0.15, -0.1) is 13.2 Å². The van der Waals surface area contributed by atoms with Gasteiger partial charge in [0.05, 0.1) is 0 Å². The molecule has 13 heteroatoms.